The van der Waals surface area contributed by atoms with E-state index in [4.69, 9.17) is 0 Å². The number of aromatic nitrogens is 1. The lowest BCUT2D eigenvalue weighted by molar-refractivity contribution is -0.117. The molecule has 0 spiro atoms. The molecule has 1 amide bonds. The zero-order chi connectivity index (χ0) is 13.9. The molecule has 1 saturated carbocycles. The Hall–Kier alpha value is -2.56. The lowest BCUT2D eigenvalue weighted by Crippen LogP contribution is -2.14. The van der Waals surface area contributed by atoms with Crippen molar-refractivity contribution in [3.05, 3.63) is 42.6 Å². The first-order chi connectivity index (χ1) is 9.72. The summed E-state index contributed by atoms with van der Waals surface area (Å²) in [5.41, 5.74) is 1.46. The number of amides is 1. The minimum absolute atomic E-state index is 0.0479. The van der Waals surface area contributed by atoms with Crippen LogP contribution in [0.5, 0.6) is 5.75 Å². The first-order valence-electron chi connectivity index (χ1n) is 6.54. The predicted octanol–water partition coefficient (Wildman–Crippen LogP) is 2.88. The number of nitrogens with one attached hydrogen (secondary N) is 2. The van der Waals surface area contributed by atoms with Crippen molar-refractivity contribution in [1.29, 1.82) is 0 Å². The minimum atomic E-state index is 0.0479. The molecule has 1 heterocycles. The van der Waals surface area contributed by atoms with Crippen molar-refractivity contribution in [3.8, 4) is 5.75 Å². The van der Waals surface area contributed by atoms with Crippen LogP contribution in [0.15, 0.2) is 42.6 Å². The van der Waals surface area contributed by atoms with Gasteiger partial charge >= 0.3 is 0 Å². The van der Waals surface area contributed by atoms with Gasteiger partial charge < -0.3 is 15.7 Å². The fourth-order valence-electron chi connectivity index (χ4n) is 1.87. The van der Waals surface area contributed by atoms with Crippen molar-refractivity contribution in [2.75, 3.05) is 10.6 Å². The lowest BCUT2D eigenvalue weighted by Gasteiger charge is -2.11. The van der Waals surface area contributed by atoms with Crippen LogP contribution in [-0.4, -0.2) is 16.0 Å². The van der Waals surface area contributed by atoms with E-state index in [-0.39, 0.29) is 17.6 Å². The Bertz CT molecular complexity index is 621. The second-order valence-electron chi connectivity index (χ2n) is 4.83. The summed E-state index contributed by atoms with van der Waals surface area (Å²) in [6, 6.07) is 10.3. The first kappa shape index (κ1) is 12.5. The maximum absolute atomic E-state index is 11.8. The second kappa shape index (κ2) is 5.21. The van der Waals surface area contributed by atoms with Gasteiger partial charge in [0, 0.05) is 17.8 Å². The van der Waals surface area contributed by atoms with Crippen molar-refractivity contribution in [1.82, 2.24) is 4.98 Å². The van der Waals surface area contributed by atoms with Gasteiger partial charge in [-0.3, -0.25) is 4.79 Å². The van der Waals surface area contributed by atoms with E-state index >= 15 is 0 Å². The summed E-state index contributed by atoms with van der Waals surface area (Å²) < 4.78 is 0. The van der Waals surface area contributed by atoms with Gasteiger partial charge in [0.1, 0.15) is 5.75 Å². The van der Waals surface area contributed by atoms with Crippen LogP contribution in [0.1, 0.15) is 12.8 Å². The zero-order valence-corrected chi connectivity index (χ0v) is 10.8. The molecule has 1 aromatic heterocycles. The summed E-state index contributed by atoms with van der Waals surface area (Å²) in [5, 5.41) is 15.3. The molecule has 3 N–H and O–H groups in total. The molecule has 102 valence electrons. The van der Waals surface area contributed by atoms with E-state index in [0.717, 1.165) is 18.5 Å². The molecular weight excluding hydrogens is 254 g/mol. The molecule has 0 atom stereocenters. The molecule has 2 aromatic rings. The van der Waals surface area contributed by atoms with Crippen molar-refractivity contribution < 1.29 is 9.90 Å². The largest absolute Gasteiger partial charge is 0.508 e. The summed E-state index contributed by atoms with van der Waals surface area (Å²) >= 11 is 0. The van der Waals surface area contributed by atoms with Crippen molar-refractivity contribution in [2.24, 2.45) is 5.92 Å². The highest BCUT2D eigenvalue weighted by molar-refractivity contribution is 5.96. The van der Waals surface area contributed by atoms with E-state index in [0.29, 0.717) is 11.5 Å². The third-order valence-corrected chi connectivity index (χ3v) is 3.14. The van der Waals surface area contributed by atoms with Crippen LogP contribution in [0.2, 0.25) is 0 Å². The number of aromatic hydroxyl groups is 1. The molecule has 0 radical (unpaired) electrons. The molecule has 5 nitrogen and oxygen atoms in total. The summed E-state index contributed by atoms with van der Waals surface area (Å²) in [5.74, 6) is 0.995. The van der Waals surface area contributed by atoms with Gasteiger partial charge in [-0.1, -0.05) is 0 Å². The van der Waals surface area contributed by atoms with E-state index in [1.165, 1.54) is 0 Å². The number of nitrogens with zero attached hydrogens (tertiary/aromatic N) is 1. The SMILES string of the molecule is O=C(Nc1cccnc1Nc1ccc(O)cc1)C1CC1. The van der Waals surface area contributed by atoms with Gasteiger partial charge in [0.25, 0.3) is 0 Å². The van der Waals surface area contributed by atoms with E-state index in [1.807, 2.05) is 6.07 Å². The molecule has 1 aromatic carbocycles. The Morgan fingerprint density at radius 1 is 1.20 bits per heavy atom. The van der Waals surface area contributed by atoms with Crippen LogP contribution in [0.4, 0.5) is 17.2 Å². The van der Waals surface area contributed by atoms with Crippen LogP contribution in [0, 0.1) is 5.92 Å². The van der Waals surface area contributed by atoms with Gasteiger partial charge in [-0.2, -0.15) is 0 Å². The molecule has 5 heteroatoms. The van der Waals surface area contributed by atoms with E-state index in [9.17, 15) is 9.90 Å². The van der Waals surface area contributed by atoms with Gasteiger partial charge in [0.2, 0.25) is 5.91 Å². The highest BCUT2D eigenvalue weighted by Gasteiger charge is 2.30. The molecule has 0 saturated heterocycles. The second-order valence-corrected chi connectivity index (χ2v) is 4.83. The molecular formula is C15H15N3O2. The van der Waals surface area contributed by atoms with Crippen molar-refractivity contribution in [2.45, 2.75) is 12.8 Å². The highest BCUT2D eigenvalue weighted by Crippen LogP contribution is 2.31. The fraction of sp³-hybridized carbons (Fsp3) is 0.200. The van der Waals surface area contributed by atoms with Gasteiger partial charge in [-0.25, -0.2) is 4.98 Å². The maximum atomic E-state index is 11.8. The molecule has 1 fully saturated rings. The normalized spacial score (nSPS) is 13.8. The van der Waals surface area contributed by atoms with Gasteiger partial charge in [0.05, 0.1) is 5.69 Å². The average Bonchev–Trinajstić information content (AvgIpc) is 3.28. The quantitative estimate of drug-likeness (QED) is 0.746. The Kier molecular flexibility index (Phi) is 3.25. The maximum Gasteiger partial charge on any atom is 0.227 e. The first-order valence-corrected chi connectivity index (χ1v) is 6.54. The van der Waals surface area contributed by atoms with Crippen LogP contribution in [0.3, 0.4) is 0 Å². The molecule has 1 aliphatic rings. The average molecular weight is 269 g/mol. The smallest absolute Gasteiger partial charge is 0.227 e. The minimum Gasteiger partial charge on any atom is -0.508 e. The van der Waals surface area contributed by atoms with E-state index < -0.39 is 0 Å². The fourth-order valence-corrected chi connectivity index (χ4v) is 1.87. The van der Waals surface area contributed by atoms with Crippen molar-refractivity contribution >= 4 is 23.1 Å². The molecule has 20 heavy (non-hydrogen) atoms. The standard InChI is InChI=1S/C15H15N3O2/c19-12-7-5-11(6-8-12)17-14-13(2-1-9-16-14)18-15(20)10-3-4-10/h1-2,5-10,19H,3-4H2,(H,16,17)(H,18,20). The number of hydrogen-bond donors (Lipinski definition) is 3. The Balaban J connectivity index is 1.78. The Morgan fingerprint density at radius 3 is 2.65 bits per heavy atom. The number of anilines is 3. The highest BCUT2D eigenvalue weighted by atomic mass is 16.3. The van der Waals surface area contributed by atoms with Gasteiger partial charge in [0.15, 0.2) is 5.82 Å². The van der Waals surface area contributed by atoms with Crippen LogP contribution >= 0.6 is 0 Å². The number of pyridine rings is 1. The van der Waals surface area contributed by atoms with Crippen LogP contribution < -0.4 is 10.6 Å². The summed E-state index contributed by atoms with van der Waals surface area (Å²) in [4.78, 5) is 16.1. The predicted molar refractivity (Wildman–Crippen MR) is 77.0 cm³/mol. The number of hydrogen-bond acceptors (Lipinski definition) is 4. The third kappa shape index (κ3) is 2.88. The summed E-state index contributed by atoms with van der Waals surface area (Å²) in [7, 11) is 0. The third-order valence-electron chi connectivity index (χ3n) is 3.14. The van der Waals surface area contributed by atoms with E-state index in [1.54, 1.807) is 36.5 Å². The van der Waals surface area contributed by atoms with Crippen LogP contribution in [-0.2, 0) is 4.79 Å². The number of phenolic OH excluding ortho intramolecular Hbond substituents is 1. The van der Waals surface area contributed by atoms with Crippen molar-refractivity contribution in [3.63, 3.8) is 0 Å². The monoisotopic (exact) mass is 269 g/mol. The van der Waals surface area contributed by atoms with Crippen LogP contribution in [0.25, 0.3) is 0 Å². The number of carbonyl (C=O) groups is 1. The van der Waals surface area contributed by atoms with E-state index in [2.05, 4.69) is 15.6 Å². The summed E-state index contributed by atoms with van der Waals surface area (Å²) in [6.07, 6.45) is 3.59. The zero-order valence-electron chi connectivity index (χ0n) is 10.8. The molecule has 3 rings (SSSR count). The number of rotatable bonds is 4. The number of carbonyl (C=O) groups excluding carboxylic acids is 1. The summed E-state index contributed by atoms with van der Waals surface area (Å²) in [6.45, 7) is 0. The molecule has 0 unspecified atom stereocenters. The molecule has 0 bridgehead atoms. The molecule has 1 aliphatic carbocycles. The number of phenols is 1. The lowest BCUT2D eigenvalue weighted by atomic mass is 10.3. The van der Waals surface area contributed by atoms with Gasteiger partial charge in [-0.15, -0.1) is 0 Å². The topological polar surface area (TPSA) is 74.2 Å². The number of benzene rings is 1. The Morgan fingerprint density at radius 2 is 1.95 bits per heavy atom. The Labute approximate surface area is 116 Å². The molecule has 0 aliphatic heterocycles. The van der Waals surface area contributed by atoms with Gasteiger partial charge in [-0.05, 0) is 49.2 Å².